The van der Waals surface area contributed by atoms with E-state index in [1.807, 2.05) is 54.6 Å². The summed E-state index contributed by atoms with van der Waals surface area (Å²) >= 11 is 13.0. The number of nitrogens with one attached hydrogen (secondary N) is 1. The first-order chi connectivity index (χ1) is 18.3. The number of hydrogen-bond donors (Lipinski definition) is 1. The lowest BCUT2D eigenvalue weighted by Gasteiger charge is -2.32. The highest BCUT2D eigenvalue weighted by molar-refractivity contribution is 6.36. The molecule has 3 rings (SSSR count). The molecule has 1 N–H and O–H groups in total. The van der Waals surface area contributed by atoms with Gasteiger partial charge in [-0.1, -0.05) is 105 Å². The van der Waals surface area contributed by atoms with Crippen LogP contribution in [-0.4, -0.2) is 35.9 Å². The minimum atomic E-state index is -0.780. The van der Waals surface area contributed by atoms with Crippen LogP contribution in [0.5, 0.6) is 5.75 Å². The molecule has 202 valence electrons. The molecule has 0 bridgehead atoms. The van der Waals surface area contributed by atoms with Crippen LogP contribution in [0, 0.1) is 0 Å². The zero-order valence-corrected chi connectivity index (χ0v) is 23.8. The molecule has 0 radical (unpaired) electrons. The number of hydrogen-bond acceptors (Lipinski definition) is 3. The third-order valence-electron chi connectivity index (χ3n) is 6.38. The van der Waals surface area contributed by atoms with E-state index in [4.69, 9.17) is 27.9 Å². The summed E-state index contributed by atoms with van der Waals surface area (Å²) in [6.45, 7) is 6.60. The Balaban J connectivity index is 1.96. The number of ether oxygens (including phenoxy) is 1. The van der Waals surface area contributed by atoms with Gasteiger partial charge in [0.25, 0.3) is 5.91 Å². The van der Waals surface area contributed by atoms with Crippen LogP contribution in [0.2, 0.25) is 10.0 Å². The molecule has 0 fully saturated rings. The van der Waals surface area contributed by atoms with E-state index < -0.39 is 6.04 Å². The summed E-state index contributed by atoms with van der Waals surface area (Å²) in [4.78, 5) is 28.9. The molecule has 38 heavy (non-hydrogen) atoms. The number of para-hydroxylation sites is 1. The molecule has 7 heteroatoms. The number of amides is 2. The van der Waals surface area contributed by atoms with Gasteiger partial charge in [-0.25, -0.2) is 0 Å². The summed E-state index contributed by atoms with van der Waals surface area (Å²) in [5, 5.41) is 3.89. The number of carbonyl (C=O) groups is 2. The molecule has 0 aliphatic carbocycles. The summed E-state index contributed by atoms with van der Waals surface area (Å²) < 4.78 is 6.03. The standard InChI is InChI=1S/C31H36Cl2N2O3/c1-4-5-18-34-31(37)28(19-23-12-7-6-8-13-23)35(20-25-26(32)15-11-16-27(25)33)30(36)21-38-29-17-10-9-14-24(29)22(2)3/h6-17,22,28H,4-5,18-21H2,1-3H3,(H,34,37)/t28-/m1/s1. The van der Waals surface area contributed by atoms with Crippen molar-refractivity contribution in [3.05, 3.63) is 99.5 Å². The number of rotatable bonds is 13. The van der Waals surface area contributed by atoms with E-state index in [0.717, 1.165) is 24.0 Å². The van der Waals surface area contributed by atoms with Crippen molar-refractivity contribution in [2.75, 3.05) is 13.2 Å². The molecule has 3 aromatic carbocycles. The van der Waals surface area contributed by atoms with Crippen LogP contribution in [0.25, 0.3) is 0 Å². The van der Waals surface area contributed by atoms with E-state index in [1.54, 1.807) is 23.1 Å². The smallest absolute Gasteiger partial charge is 0.261 e. The van der Waals surface area contributed by atoms with Gasteiger partial charge in [0.15, 0.2) is 6.61 Å². The molecule has 0 heterocycles. The van der Waals surface area contributed by atoms with Crippen molar-refractivity contribution in [2.45, 2.75) is 58.5 Å². The minimum absolute atomic E-state index is 0.0746. The maximum Gasteiger partial charge on any atom is 0.261 e. The molecule has 0 aliphatic heterocycles. The lowest BCUT2D eigenvalue weighted by Crippen LogP contribution is -2.52. The molecule has 1 atom stereocenters. The predicted molar refractivity (Wildman–Crippen MR) is 155 cm³/mol. The van der Waals surface area contributed by atoms with Crippen molar-refractivity contribution in [3.63, 3.8) is 0 Å². The van der Waals surface area contributed by atoms with E-state index in [0.29, 0.717) is 34.3 Å². The van der Waals surface area contributed by atoms with E-state index in [-0.39, 0.29) is 30.9 Å². The van der Waals surface area contributed by atoms with Crippen molar-refractivity contribution in [1.29, 1.82) is 0 Å². The summed E-state index contributed by atoms with van der Waals surface area (Å²) in [6.07, 6.45) is 2.14. The highest BCUT2D eigenvalue weighted by Crippen LogP contribution is 2.28. The fourth-order valence-electron chi connectivity index (χ4n) is 4.23. The Kier molecular flexibility index (Phi) is 11.5. The minimum Gasteiger partial charge on any atom is -0.483 e. The highest BCUT2D eigenvalue weighted by Gasteiger charge is 2.31. The van der Waals surface area contributed by atoms with Crippen molar-refractivity contribution in [1.82, 2.24) is 10.2 Å². The van der Waals surface area contributed by atoms with Crippen molar-refractivity contribution in [2.24, 2.45) is 0 Å². The van der Waals surface area contributed by atoms with Gasteiger partial charge < -0.3 is 15.0 Å². The molecule has 0 aromatic heterocycles. The predicted octanol–water partition coefficient (Wildman–Crippen LogP) is 7.05. The highest BCUT2D eigenvalue weighted by atomic mass is 35.5. The second kappa shape index (κ2) is 14.8. The van der Waals surface area contributed by atoms with Crippen LogP contribution in [0.1, 0.15) is 56.2 Å². The van der Waals surface area contributed by atoms with Crippen LogP contribution >= 0.6 is 23.2 Å². The van der Waals surface area contributed by atoms with Gasteiger partial charge in [-0.2, -0.15) is 0 Å². The molecule has 0 unspecified atom stereocenters. The quantitative estimate of drug-likeness (QED) is 0.230. The van der Waals surface area contributed by atoms with Crippen molar-refractivity contribution >= 4 is 35.0 Å². The van der Waals surface area contributed by atoms with Gasteiger partial charge in [0.1, 0.15) is 11.8 Å². The largest absolute Gasteiger partial charge is 0.483 e. The van der Waals surface area contributed by atoms with E-state index in [1.165, 1.54) is 0 Å². The van der Waals surface area contributed by atoms with Gasteiger partial charge in [0, 0.05) is 35.1 Å². The molecular weight excluding hydrogens is 519 g/mol. The first-order valence-electron chi connectivity index (χ1n) is 13.1. The zero-order chi connectivity index (χ0) is 27.5. The van der Waals surface area contributed by atoms with Gasteiger partial charge >= 0.3 is 0 Å². The van der Waals surface area contributed by atoms with E-state index in [9.17, 15) is 9.59 Å². The van der Waals surface area contributed by atoms with Crippen LogP contribution in [-0.2, 0) is 22.6 Å². The number of nitrogens with zero attached hydrogens (tertiary/aromatic N) is 1. The fourth-order valence-corrected chi connectivity index (χ4v) is 4.74. The Hall–Kier alpha value is -3.02. The normalized spacial score (nSPS) is 11.7. The van der Waals surface area contributed by atoms with Gasteiger partial charge in [0.2, 0.25) is 5.91 Å². The average molecular weight is 556 g/mol. The van der Waals surface area contributed by atoms with E-state index >= 15 is 0 Å². The topological polar surface area (TPSA) is 58.6 Å². The first kappa shape index (κ1) is 29.5. The molecule has 2 amide bonds. The Morgan fingerprint density at radius 1 is 0.921 bits per heavy atom. The van der Waals surface area contributed by atoms with Crippen LogP contribution in [0.4, 0.5) is 0 Å². The van der Waals surface area contributed by atoms with Crippen LogP contribution in [0.3, 0.4) is 0 Å². The molecular formula is C31H36Cl2N2O3. The third kappa shape index (κ3) is 8.24. The van der Waals surface area contributed by atoms with Gasteiger partial charge in [-0.05, 0) is 41.7 Å². The van der Waals surface area contributed by atoms with Crippen molar-refractivity contribution < 1.29 is 14.3 Å². The lowest BCUT2D eigenvalue weighted by molar-refractivity contribution is -0.142. The summed E-state index contributed by atoms with van der Waals surface area (Å²) in [7, 11) is 0. The summed E-state index contributed by atoms with van der Waals surface area (Å²) in [5.41, 5.74) is 2.54. The number of carbonyl (C=O) groups excluding carboxylic acids is 2. The number of unbranched alkanes of at least 4 members (excludes halogenated alkanes) is 1. The zero-order valence-electron chi connectivity index (χ0n) is 22.3. The fraction of sp³-hybridized carbons (Fsp3) is 0.355. The van der Waals surface area contributed by atoms with Gasteiger partial charge in [-0.15, -0.1) is 0 Å². The summed E-state index contributed by atoms with van der Waals surface area (Å²) in [6, 6.07) is 21.8. The number of benzene rings is 3. The summed E-state index contributed by atoms with van der Waals surface area (Å²) in [5.74, 6) is 0.334. The SMILES string of the molecule is CCCCNC(=O)[C@@H](Cc1ccccc1)N(Cc1c(Cl)cccc1Cl)C(=O)COc1ccccc1C(C)C. The maximum atomic E-state index is 13.8. The molecule has 0 aliphatic rings. The van der Waals surface area contributed by atoms with Crippen LogP contribution in [0.15, 0.2) is 72.8 Å². The van der Waals surface area contributed by atoms with E-state index in [2.05, 4.69) is 26.1 Å². The monoisotopic (exact) mass is 554 g/mol. The lowest BCUT2D eigenvalue weighted by atomic mass is 10.0. The molecule has 0 saturated heterocycles. The third-order valence-corrected chi connectivity index (χ3v) is 7.09. The number of halogens is 2. The molecule has 0 spiro atoms. The Bertz CT molecular complexity index is 1180. The molecule has 3 aromatic rings. The molecule has 5 nitrogen and oxygen atoms in total. The molecule has 0 saturated carbocycles. The van der Waals surface area contributed by atoms with Crippen LogP contribution < -0.4 is 10.1 Å². The average Bonchev–Trinajstić information content (AvgIpc) is 2.91. The van der Waals surface area contributed by atoms with Gasteiger partial charge in [0.05, 0.1) is 0 Å². The van der Waals surface area contributed by atoms with Gasteiger partial charge in [-0.3, -0.25) is 9.59 Å². The first-order valence-corrected chi connectivity index (χ1v) is 13.8. The Morgan fingerprint density at radius 3 is 2.24 bits per heavy atom. The second-order valence-corrected chi connectivity index (χ2v) is 10.4. The Morgan fingerprint density at radius 2 is 1.58 bits per heavy atom. The Labute approximate surface area is 236 Å². The van der Waals surface area contributed by atoms with Crippen molar-refractivity contribution in [3.8, 4) is 5.75 Å². The second-order valence-electron chi connectivity index (χ2n) is 9.55. The maximum absolute atomic E-state index is 13.8.